The summed E-state index contributed by atoms with van der Waals surface area (Å²) in [5, 5.41) is 10.3. The van der Waals surface area contributed by atoms with Gasteiger partial charge in [-0.2, -0.15) is 0 Å². The molecule has 116 valence electrons. The van der Waals surface area contributed by atoms with Crippen LogP contribution in [0.2, 0.25) is 0 Å². The quantitative estimate of drug-likeness (QED) is 0.844. The molecule has 2 N–H and O–H groups in total. The van der Waals surface area contributed by atoms with Crippen molar-refractivity contribution in [3.05, 3.63) is 34.9 Å². The van der Waals surface area contributed by atoms with Crippen LogP contribution >= 0.6 is 0 Å². The first-order valence-corrected chi connectivity index (χ1v) is 8.28. The van der Waals surface area contributed by atoms with Crippen LogP contribution in [0.3, 0.4) is 0 Å². The largest absolute Gasteiger partial charge is 0.479 e. The smallest absolute Gasteiger partial charge is 0.330 e. The molecule has 0 aliphatic rings. The first kappa shape index (κ1) is 17.2. The Morgan fingerprint density at radius 1 is 1.14 bits per heavy atom. The minimum atomic E-state index is -3.58. The zero-order chi connectivity index (χ0) is 16.4. The highest BCUT2D eigenvalue weighted by molar-refractivity contribution is 7.92. The third kappa shape index (κ3) is 4.56. The zero-order valence-electron chi connectivity index (χ0n) is 12.4. The first-order chi connectivity index (χ1) is 9.52. The SMILES string of the molecule is Cc1cc(C)cc(C(NC(=O)C(C)S(C)(=O)=O)C(=O)O)c1. The van der Waals surface area contributed by atoms with Gasteiger partial charge >= 0.3 is 5.97 Å². The molecule has 0 aromatic heterocycles. The van der Waals surface area contributed by atoms with E-state index < -0.39 is 33.0 Å². The summed E-state index contributed by atoms with van der Waals surface area (Å²) in [7, 11) is -3.58. The minimum Gasteiger partial charge on any atom is -0.479 e. The van der Waals surface area contributed by atoms with E-state index in [4.69, 9.17) is 0 Å². The summed E-state index contributed by atoms with van der Waals surface area (Å²) in [6, 6.07) is 3.90. The van der Waals surface area contributed by atoms with Crippen molar-refractivity contribution in [2.45, 2.75) is 32.1 Å². The number of carboxylic acids is 1. The molecule has 1 aromatic rings. The fraction of sp³-hybridized carbons (Fsp3) is 0.429. The Labute approximate surface area is 124 Å². The maximum atomic E-state index is 11.9. The van der Waals surface area contributed by atoms with Gasteiger partial charge < -0.3 is 10.4 Å². The number of nitrogens with one attached hydrogen (secondary N) is 1. The van der Waals surface area contributed by atoms with E-state index in [1.54, 1.807) is 12.1 Å². The van der Waals surface area contributed by atoms with Crippen LogP contribution in [0.4, 0.5) is 0 Å². The van der Waals surface area contributed by atoms with E-state index in [-0.39, 0.29) is 0 Å². The molecule has 0 aliphatic heterocycles. The Hall–Kier alpha value is -1.89. The third-order valence-electron chi connectivity index (χ3n) is 3.12. The summed E-state index contributed by atoms with van der Waals surface area (Å²) in [5.74, 6) is -2.07. The number of sulfone groups is 1. The lowest BCUT2D eigenvalue weighted by atomic mass is 10.0. The van der Waals surface area contributed by atoms with Gasteiger partial charge in [-0.05, 0) is 26.3 Å². The first-order valence-electron chi connectivity index (χ1n) is 6.32. The molecule has 1 aromatic carbocycles. The van der Waals surface area contributed by atoms with Crippen molar-refractivity contribution < 1.29 is 23.1 Å². The fourth-order valence-electron chi connectivity index (χ4n) is 1.92. The fourth-order valence-corrected chi connectivity index (χ4v) is 2.38. The van der Waals surface area contributed by atoms with E-state index in [1.165, 1.54) is 6.92 Å². The van der Waals surface area contributed by atoms with Gasteiger partial charge in [0.25, 0.3) is 0 Å². The highest BCUT2D eigenvalue weighted by Crippen LogP contribution is 2.18. The molecular formula is C14H19NO5S. The van der Waals surface area contributed by atoms with Crippen molar-refractivity contribution >= 4 is 21.7 Å². The Balaban J connectivity index is 3.09. The normalized spacial score (nSPS) is 14.3. The molecule has 2 atom stereocenters. The molecule has 1 amide bonds. The molecule has 0 spiro atoms. The zero-order valence-corrected chi connectivity index (χ0v) is 13.2. The van der Waals surface area contributed by atoms with Crippen molar-refractivity contribution in [3.8, 4) is 0 Å². The number of aliphatic carboxylic acids is 1. The highest BCUT2D eigenvalue weighted by Gasteiger charge is 2.29. The predicted octanol–water partition coefficient (Wildman–Crippen LogP) is 0.978. The van der Waals surface area contributed by atoms with Crippen LogP contribution < -0.4 is 5.32 Å². The van der Waals surface area contributed by atoms with Crippen LogP contribution in [0, 0.1) is 13.8 Å². The van der Waals surface area contributed by atoms with Crippen molar-refractivity contribution in [1.82, 2.24) is 5.32 Å². The lowest BCUT2D eigenvalue weighted by Crippen LogP contribution is -2.42. The predicted molar refractivity (Wildman–Crippen MR) is 78.7 cm³/mol. The van der Waals surface area contributed by atoms with Crippen molar-refractivity contribution in [2.75, 3.05) is 6.26 Å². The minimum absolute atomic E-state index is 0.411. The van der Waals surface area contributed by atoms with Crippen LogP contribution in [0.25, 0.3) is 0 Å². The van der Waals surface area contributed by atoms with E-state index >= 15 is 0 Å². The maximum absolute atomic E-state index is 11.9. The van der Waals surface area contributed by atoms with E-state index in [9.17, 15) is 23.1 Å². The second-order valence-electron chi connectivity index (χ2n) is 5.17. The number of aryl methyl sites for hydroxylation is 2. The summed E-state index contributed by atoms with van der Waals surface area (Å²) in [6.07, 6.45) is 0.934. The van der Waals surface area contributed by atoms with E-state index in [0.717, 1.165) is 17.4 Å². The summed E-state index contributed by atoms with van der Waals surface area (Å²) in [6.45, 7) is 4.86. The summed E-state index contributed by atoms with van der Waals surface area (Å²) >= 11 is 0. The Morgan fingerprint density at radius 2 is 1.62 bits per heavy atom. The number of benzene rings is 1. The van der Waals surface area contributed by atoms with Crippen LogP contribution in [-0.2, 0) is 19.4 Å². The van der Waals surface area contributed by atoms with Crippen LogP contribution in [0.15, 0.2) is 18.2 Å². The number of hydrogen-bond donors (Lipinski definition) is 2. The maximum Gasteiger partial charge on any atom is 0.330 e. The van der Waals surface area contributed by atoms with Gasteiger partial charge in [-0.15, -0.1) is 0 Å². The molecule has 21 heavy (non-hydrogen) atoms. The number of hydrogen-bond acceptors (Lipinski definition) is 4. The number of rotatable bonds is 5. The highest BCUT2D eigenvalue weighted by atomic mass is 32.2. The third-order valence-corrected chi connectivity index (χ3v) is 4.62. The second-order valence-corrected chi connectivity index (χ2v) is 7.54. The van der Waals surface area contributed by atoms with Gasteiger partial charge in [-0.25, -0.2) is 13.2 Å². The number of amides is 1. The molecule has 0 radical (unpaired) electrons. The van der Waals surface area contributed by atoms with Crippen LogP contribution in [0.1, 0.15) is 29.7 Å². The standard InChI is InChI=1S/C14H19NO5S/c1-8-5-9(2)7-11(6-8)12(14(17)18)15-13(16)10(3)21(4,19)20/h5-7,10,12H,1-4H3,(H,15,16)(H,17,18). The van der Waals surface area contributed by atoms with E-state index in [0.29, 0.717) is 5.56 Å². The molecule has 2 unspecified atom stereocenters. The Morgan fingerprint density at radius 3 is 2.00 bits per heavy atom. The molecule has 0 saturated heterocycles. The number of carboxylic acid groups (broad SMARTS) is 1. The molecule has 6 nitrogen and oxygen atoms in total. The van der Waals surface area contributed by atoms with Gasteiger partial charge in [-0.1, -0.05) is 29.3 Å². The monoisotopic (exact) mass is 313 g/mol. The lowest BCUT2D eigenvalue weighted by Gasteiger charge is -2.18. The van der Waals surface area contributed by atoms with Gasteiger partial charge in [0.05, 0.1) is 0 Å². The number of carbonyl (C=O) groups excluding carboxylic acids is 1. The molecule has 1 rings (SSSR count). The number of carbonyl (C=O) groups is 2. The van der Waals surface area contributed by atoms with Gasteiger partial charge in [0.15, 0.2) is 15.9 Å². The molecule has 0 bridgehead atoms. The van der Waals surface area contributed by atoms with E-state index in [1.807, 2.05) is 19.9 Å². The Bertz CT molecular complexity index is 646. The summed E-state index contributed by atoms with van der Waals surface area (Å²) in [4.78, 5) is 23.3. The van der Waals surface area contributed by atoms with Crippen LogP contribution in [-0.4, -0.2) is 36.9 Å². The molecule has 0 aliphatic carbocycles. The average molecular weight is 313 g/mol. The van der Waals surface area contributed by atoms with Gasteiger partial charge in [0, 0.05) is 6.26 Å². The van der Waals surface area contributed by atoms with E-state index in [2.05, 4.69) is 5.32 Å². The summed E-state index contributed by atoms with van der Waals surface area (Å²) in [5.41, 5.74) is 2.14. The lowest BCUT2D eigenvalue weighted by molar-refractivity contribution is -0.141. The van der Waals surface area contributed by atoms with Gasteiger partial charge in [0.1, 0.15) is 5.25 Å². The molecule has 0 saturated carbocycles. The molecule has 0 fully saturated rings. The topological polar surface area (TPSA) is 101 Å². The average Bonchev–Trinajstić information content (AvgIpc) is 2.31. The Kier molecular flexibility index (Phi) is 5.11. The van der Waals surface area contributed by atoms with Crippen molar-refractivity contribution in [1.29, 1.82) is 0 Å². The summed E-state index contributed by atoms with van der Waals surface area (Å²) < 4.78 is 22.7. The van der Waals surface area contributed by atoms with Crippen molar-refractivity contribution in [3.63, 3.8) is 0 Å². The molecule has 0 heterocycles. The van der Waals surface area contributed by atoms with Crippen LogP contribution in [0.5, 0.6) is 0 Å². The second kappa shape index (κ2) is 6.26. The van der Waals surface area contributed by atoms with Gasteiger partial charge in [-0.3, -0.25) is 4.79 Å². The molecule has 7 heteroatoms. The molecular weight excluding hydrogens is 294 g/mol. The van der Waals surface area contributed by atoms with Gasteiger partial charge in [0.2, 0.25) is 5.91 Å². The van der Waals surface area contributed by atoms with Crippen molar-refractivity contribution in [2.24, 2.45) is 0 Å².